The second-order valence-corrected chi connectivity index (χ2v) is 7.40. The van der Waals surface area contributed by atoms with Crippen molar-refractivity contribution in [2.24, 2.45) is 11.3 Å². The van der Waals surface area contributed by atoms with Gasteiger partial charge < -0.3 is 4.90 Å². The molecule has 0 saturated carbocycles. The van der Waals surface area contributed by atoms with Crippen LogP contribution in [0, 0.1) is 11.3 Å². The van der Waals surface area contributed by atoms with Crippen molar-refractivity contribution >= 4 is 21.8 Å². The van der Waals surface area contributed by atoms with Crippen molar-refractivity contribution in [3.05, 3.63) is 0 Å². The molecular formula is C14H25BrN2O. The number of rotatable bonds is 3. The Bertz CT molecular complexity index is 313. The molecule has 1 amide bonds. The van der Waals surface area contributed by atoms with Crippen LogP contribution < -0.4 is 0 Å². The molecule has 2 heterocycles. The number of carbonyl (C=O) groups excluding carboxylic acids is 1. The number of halogens is 1. The molecule has 4 heteroatoms. The van der Waals surface area contributed by atoms with Crippen LogP contribution in [0.1, 0.15) is 33.6 Å². The molecule has 2 fully saturated rings. The zero-order valence-corrected chi connectivity index (χ0v) is 13.4. The highest BCUT2D eigenvalue weighted by Gasteiger charge is 2.36. The molecule has 3 nitrogen and oxygen atoms in total. The summed E-state index contributed by atoms with van der Waals surface area (Å²) in [6, 6.07) is 0.488. The molecule has 0 aliphatic carbocycles. The molecule has 0 bridgehead atoms. The summed E-state index contributed by atoms with van der Waals surface area (Å²) < 4.78 is 0. The summed E-state index contributed by atoms with van der Waals surface area (Å²) in [5, 5.41) is 1.06. The maximum Gasteiger partial charge on any atom is 0.222 e. The van der Waals surface area contributed by atoms with Gasteiger partial charge in [0.25, 0.3) is 0 Å². The molecule has 18 heavy (non-hydrogen) atoms. The summed E-state index contributed by atoms with van der Waals surface area (Å²) >= 11 is 3.65. The van der Waals surface area contributed by atoms with E-state index in [0.29, 0.717) is 23.3 Å². The van der Waals surface area contributed by atoms with Gasteiger partial charge in [0.05, 0.1) is 0 Å². The van der Waals surface area contributed by atoms with Crippen molar-refractivity contribution in [3.8, 4) is 0 Å². The fourth-order valence-corrected chi connectivity index (χ4v) is 4.14. The van der Waals surface area contributed by atoms with Crippen LogP contribution in [-0.4, -0.2) is 53.3 Å². The Morgan fingerprint density at radius 3 is 2.72 bits per heavy atom. The van der Waals surface area contributed by atoms with Crippen LogP contribution in [0.3, 0.4) is 0 Å². The van der Waals surface area contributed by atoms with E-state index in [1.807, 2.05) is 0 Å². The molecule has 104 valence electrons. The third-order valence-corrected chi connectivity index (χ3v) is 5.25. The third-order valence-electron chi connectivity index (χ3n) is 4.47. The van der Waals surface area contributed by atoms with E-state index in [4.69, 9.17) is 0 Å². The van der Waals surface area contributed by atoms with E-state index in [1.165, 1.54) is 0 Å². The Morgan fingerprint density at radius 2 is 2.11 bits per heavy atom. The zero-order chi connectivity index (χ0) is 13.3. The van der Waals surface area contributed by atoms with E-state index in [2.05, 4.69) is 46.5 Å². The van der Waals surface area contributed by atoms with Gasteiger partial charge in [0, 0.05) is 44.0 Å². The van der Waals surface area contributed by atoms with Gasteiger partial charge in [-0.3, -0.25) is 9.69 Å². The van der Waals surface area contributed by atoms with Gasteiger partial charge in [0.2, 0.25) is 5.91 Å². The lowest BCUT2D eigenvalue weighted by atomic mass is 9.81. The Labute approximate surface area is 119 Å². The van der Waals surface area contributed by atoms with Gasteiger partial charge in [0.1, 0.15) is 0 Å². The molecule has 0 N–H and O–H groups in total. The first-order valence-corrected chi connectivity index (χ1v) is 8.11. The van der Waals surface area contributed by atoms with Gasteiger partial charge in [-0.1, -0.05) is 36.7 Å². The van der Waals surface area contributed by atoms with Crippen LogP contribution in [-0.2, 0) is 4.79 Å². The lowest BCUT2D eigenvalue weighted by Gasteiger charge is -2.41. The molecule has 0 spiro atoms. The average molecular weight is 317 g/mol. The second-order valence-electron chi connectivity index (χ2n) is 6.76. The highest BCUT2D eigenvalue weighted by molar-refractivity contribution is 9.09. The molecule has 2 saturated heterocycles. The fourth-order valence-electron chi connectivity index (χ4n) is 2.96. The number of fused-ring (bicyclic) bond motifs is 1. The van der Waals surface area contributed by atoms with Crippen molar-refractivity contribution in [2.45, 2.75) is 39.7 Å². The van der Waals surface area contributed by atoms with Crippen LogP contribution in [0.5, 0.6) is 0 Å². The predicted molar refractivity (Wildman–Crippen MR) is 77.9 cm³/mol. The Hall–Kier alpha value is -0.0900. The number of hydrogen-bond donors (Lipinski definition) is 0. The molecule has 0 aromatic rings. The lowest BCUT2D eigenvalue weighted by molar-refractivity contribution is -0.130. The number of nitrogens with zero attached hydrogens (tertiary/aromatic N) is 2. The monoisotopic (exact) mass is 316 g/mol. The van der Waals surface area contributed by atoms with Gasteiger partial charge in [-0.2, -0.15) is 0 Å². The molecular weight excluding hydrogens is 292 g/mol. The second kappa shape index (κ2) is 5.49. The van der Waals surface area contributed by atoms with Gasteiger partial charge >= 0.3 is 0 Å². The minimum atomic E-state index is 0.339. The molecule has 0 radical (unpaired) electrons. The number of carbonyl (C=O) groups is 1. The van der Waals surface area contributed by atoms with Gasteiger partial charge in [0.15, 0.2) is 0 Å². The van der Waals surface area contributed by atoms with Crippen molar-refractivity contribution in [2.75, 3.05) is 31.5 Å². The minimum absolute atomic E-state index is 0.339. The number of hydrogen-bond acceptors (Lipinski definition) is 2. The number of alkyl halides is 1. The smallest absolute Gasteiger partial charge is 0.222 e. The lowest BCUT2D eigenvalue weighted by Crippen LogP contribution is -2.53. The highest BCUT2D eigenvalue weighted by Crippen LogP contribution is 2.30. The van der Waals surface area contributed by atoms with Crippen molar-refractivity contribution in [1.82, 2.24) is 9.80 Å². The zero-order valence-electron chi connectivity index (χ0n) is 11.8. The topological polar surface area (TPSA) is 23.6 Å². The van der Waals surface area contributed by atoms with Crippen LogP contribution >= 0.6 is 15.9 Å². The van der Waals surface area contributed by atoms with E-state index in [1.54, 1.807) is 0 Å². The summed E-state index contributed by atoms with van der Waals surface area (Å²) in [5.41, 5.74) is 0.339. The Kier molecular flexibility index (Phi) is 4.37. The van der Waals surface area contributed by atoms with E-state index in [-0.39, 0.29) is 0 Å². The van der Waals surface area contributed by atoms with Crippen LogP contribution in [0.25, 0.3) is 0 Å². The maximum atomic E-state index is 11.7. The number of amides is 1. The van der Waals surface area contributed by atoms with E-state index >= 15 is 0 Å². The summed E-state index contributed by atoms with van der Waals surface area (Å²) in [7, 11) is 0. The summed E-state index contributed by atoms with van der Waals surface area (Å²) in [6.45, 7) is 11.1. The van der Waals surface area contributed by atoms with E-state index in [9.17, 15) is 4.79 Å². The standard InChI is InChI=1S/C14H25BrN2O/c1-14(2,3)11(8-15)9-16-6-7-17-12(10-16)4-5-13(17)18/h11-12H,4-10H2,1-3H3. The molecule has 2 atom stereocenters. The van der Waals surface area contributed by atoms with Gasteiger partial charge in [-0.25, -0.2) is 0 Å². The Morgan fingerprint density at radius 1 is 1.39 bits per heavy atom. The van der Waals surface area contributed by atoms with Crippen molar-refractivity contribution in [3.63, 3.8) is 0 Å². The highest BCUT2D eigenvalue weighted by atomic mass is 79.9. The van der Waals surface area contributed by atoms with Crippen LogP contribution in [0.4, 0.5) is 0 Å². The molecule has 0 aromatic heterocycles. The first kappa shape index (κ1) is 14.3. The van der Waals surface area contributed by atoms with Crippen molar-refractivity contribution in [1.29, 1.82) is 0 Å². The fraction of sp³-hybridized carbons (Fsp3) is 0.929. The maximum absolute atomic E-state index is 11.7. The molecule has 2 aliphatic heterocycles. The molecule has 2 aliphatic rings. The third kappa shape index (κ3) is 3.08. The average Bonchev–Trinajstić information content (AvgIpc) is 2.66. The van der Waals surface area contributed by atoms with Gasteiger partial charge in [-0.05, 0) is 17.8 Å². The van der Waals surface area contributed by atoms with Gasteiger partial charge in [-0.15, -0.1) is 0 Å². The van der Waals surface area contributed by atoms with Crippen LogP contribution in [0.2, 0.25) is 0 Å². The quantitative estimate of drug-likeness (QED) is 0.746. The largest absolute Gasteiger partial charge is 0.337 e. The van der Waals surface area contributed by atoms with E-state index in [0.717, 1.165) is 44.4 Å². The van der Waals surface area contributed by atoms with E-state index < -0.39 is 0 Å². The normalized spacial score (nSPS) is 27.4. The van der Waals surface area contributed by atoms with Crippen molar-refractivity contribution < 1.29 is 4.79 Å². The molecule has 2 rings (SSSR count). The minimum Gasteiger partial charge on any atom is -0.337 e. The summed E-state index contributed by atoms with van der Waals surface area (Å²) in [4.78, 5) is 16.3. The van der Waals surface area contributed by atoms with Crippen LogP contribution in [0.15, 0.2) is 0 Å². The summed E-state index contributed by atoms with van der Waals surface area (Å²) in [5.74, 6) is 1.04. The first-order chi connectivity index (χ1) is 8.41. The Balaban J connectivity index is 1.90. The molecule has 2 unspecified atom stereocenters. The first-order valence-electron chi connectivity index (χ1n) is 6.99. The summed E-state index contributed by atoms with van der Waals surface area (Å²) in [6.07, 6.45) is 1.82. The SMILES string of the molecule is CC(C)(C)C(CBr)CN1CCN2C(=O)CCC2C1. The molecule has 0 aromatic carbocycles. The predicted octanol–water partition coefficient (Wildman–Crippen LogP) is 2.35. The number of piperazine rings is 1.